The summed E-state index contributed by atoms with van der Waals surface area (Å²) in [5, 5.41) is 10.4. The molecule has 2 aromatic heterocycles. The van der Waals surface area contributed by atoms with Crippen molar-refractivity contribution in [2.24, 2.45) is 4.99 Å². The van der Waals surface area contributed by atoms with E-state index in [9.17, 15) is 0 Å². The summed E-state index contributed by atoms with van der Waals surface area (Å²) >= 11 is 1.81. The van der Waals surface area contributed by atoms with E-state index in [2.05, 4.69) is 44.8 Å². The quantitative estimate of drug-likeness (QED) is 0.344. The standard InChI is InChI=1S/C16H25N5O2S.HI/c1-5-12-7-8-13(24-12)9-18-16(17-4)19-10-14-20-15(21-23-14)11(3)22-6-2;/h7-8,11H,5-6,9-10H2,1-4H3,(H2,17,18,19);1H. The number of guanidine groups is 1. The molecule has 0 aliphatic heterocycles. The minimum absolute atomic E-state index is 0. The molecule has 0 bridgehead atoms. The largest absolute Gasteiger partial charge is 0.371 e. The van der Waals surface area contributed by atoms with Crippen molar-refractivity contribution in [1.82, 2.24) is 20.8 Å². The van der Waals surface area contributed by atoms with Crippen LogP contribution >= 0.6 is 35.3 Å². The number of nitrogens with one attached hydrogen (secondary N) is 2. The van der Waals surface area contributed by atoms with Crippen LogP contribution in [-0.4, -0.2) is 29.8 Å². The molecule has 9 heteroatoms. The van der Waals surface area contributed by atoms with Gasteiger partial charge < -0.3 is 19.9 Å². The second-order valence-electron chi connectivity index (χ2n) is 5.14. The van der Waals surface area contributed by atoms with Crippen LogP contribution in [0.5, 0.6) is 0 Å². The Morgan fingerprint density at radius 2 is 2.00 bits per heavy atom. The molecule has 0 fully saturated rings. The Balaban J connectivity index is 0.00000312. The third-order valence-corrected chi connectivity index (χ3v) is 4.62. The summed E-state index contributed by atoms with van der Waals surface area (Å²) in [7, 11) is 1.73. The number of rotatable bonds is 8. The third-order valence-electron chi connectivity index (χ3n) is 3.39. The highest BCUT2D eigenvalue weighted by Gasteiger charge is 2.13. The number of aryl methyl sites for hydroxylation is 1. The van der Waals surface area contributed by atoms with E-state index in [1.54, 1.807) is 7.05 Å². The summed E-state index contributed by atoms with van der Waals surface area (Å²) < 4.78 is 10.7. The Bertz CT molecular complexity index is 659. The molecule has 7 nitrogen and oxygen atoms in total. The Kier molecular flexibility index (Phi) is 9.98. The maximum absolute atomic E-state index is 5.45. The first-order valence-electron chi connectivity index (χ1n) is 8.12. The highest BCUT2D eigenvalue weighted by molar-refractivity contribution is 14.0. The minimum Gasteiger partial charge on any atom is -0.371 e. The van der Waals surface area contributed by atoms with Gasteiger partial charge in [0.1, 0.15) is 6.10 Å². The van der Waals surface area contributed by atoms with Crippen LogP contribution in [-0.2, 0) is 24.2 Å². The lowest BCUT2D eigenvalue weighted by atomic mass is 10.4. The molecule has 140 valence electrons. The molecule has 2 rings (SSSR count). The smallest absolute Gasteiger partial charge is 0.246 e. The van der Waals surface area contributed by atoms with Gasteiger partial charge in [-0.2, -0.15) is 4.98 Å². The Labute approximate surface area is 169 Å². The number of thiophene rings is 1. The van der Waals surface area contributed by atoms with E-state index in [-0.39, 0.29) is 30.1 Å². The molecule has 0 saturated heterocycles. The summed E-state index contributed by atoms with van der Waals surface area (Å²) in [6.45, 7) is 7.76. The van der Waals surface area contributed by atoms with Crippen LogP contribution in [0.2, 0.25) is 0 Å². The highest BCUT2D eigenvalue weighted by Crippen LogP contribution is 2.16. The van der Waals surface area contributed by atoms with Crippen LogP contribution in [0.1, 0.15) is 48.3 Å². The van der Waals surface area contributed by atoms with Gasteiger partial charge in [-0.05, 0) is 32.4 Å². The zero-order valence-corrected chi connectivity index (χ0v) is 18.2. The monoisotopic (exact) mass is 479 g/mol. The molecule has 0 aromatic carbocycles. The summed E-state index contributed by atoms with van der Waals surface area (Å²) in [6.07, 6.45) is 0.897. The molecule has 1 atom stereocenters. The van der Waals surface area contributed by atoms with Crippen LogP contribution < -0.4 is 10.6 Å². The van der Waals surface area contributed by atoms with Crippen LogP contribution in [0.3, 0.4) is 0 Å². The lowest BCUT2D eigenvalue weighted by molar-refractivity contribution is 0.0683. The molecule has 0 radical (unpaired) electrons. The van der Waals surface area contributed by atoms with Crippen molar-refractivity contribution in [3.05, 3.63) is 33.6 Å². The highest BCUT2D eigenvalue weighted by atomic mass is 127. The number of halogens is 1. The fourth-order valence-electron chi connectivity index (χ4n) is 2.09. The number of hydrogen-bond donors (Lipinski definition) is 2. The van der Waals surface area contributed by atoms with Crippen molar-refractivity contribution in [1.29, 1.82) is 0 Å². The predicted octanol–water partition coefficient (Wildman–Crippen LogP) is 3.27. The first-order chi connectivity index (χ1) is 11.7. The molecule has 25 heavy (non-hydrogen) atoms. The average molecular weight is 479 g/mol. The zero-order valence-electron chi connectivity index (χ0n) is 15.0. The molecule has 0 aliphatic carbocycles. The molecule has 0 spiro atoms. The summed E-state index contributed by atoms with van der Waals surface area (Å²) in [5.41, 5.74) is 0. The van der Waals surface area contributed by atoms with Crippen molar-refractivity contribution in [2.75, 3.05) is 13.7 Å². The van der Waals surface area contributed by atoms with Gasteiger partial charge in [-0.3, -0.25) is 4.99 Å². The first-order valence-corrected chi connectivity index (χ1v) is 8.94. The van der Waals surface area contributed by atoms with Crippen molar-refractivity contribution in [3.63, 3.8) is 0 Å². The number of nitrogens with zero attached hydrogens (tertiary/aromatic N) is 3. The fraction of sp³-hybridized carbons (Fsp3) is 0.562. The summed E-state index contributed by atoms with van der Waals surface area (Å²) in [5.74, 6) is 1.75. The maximum atomic E-state index is 5.45. The van der Waals surface area contributed by atoms with Crippen LogP contribution in [0.25, 0.3) is 0 Å². The molecular weight excluding hydrogens is 453 g/mol. The SMILES string of the molecule is CCOC(C)c1noc(CNC(=NC)NCc2ccc(CC)s2)n1.I. The van der Waals surface area contributed by atoms with Gasteiger partial charge in [0.05, 0.1) is 13.1 Å². The van der Waals surface area contributed by atoms with Gasteiger partial charge in [-0.25, -0.2) is 0 Å². The summed E-state index contributed by atoms with van der Waals surface area (Å²) in [4.78, 5) is 11.2. The Morgan fingerprint density at radius 3 is 2.64 bits per heavy atom. The molecule has 2 aromatic rings. The normalized spacial score (nSPS) is 12.6. The van der Waals surface area contributed by atoms with Gasteiger partial charge in [-0.15, -0.1) is 35.3 Å². The van der Waals surface area contributed by atoms with Crippen LogP contribution in [0.4, 0.5) is 0 Å². The molecule has 2 heterocycles. The van der Waals surface area contributed by atoms with E-state index in [0.29, 0.717) is 30.8 Å². The van der Waals surface area contributed by atoms with E-state index < -0.39 is 0 Å². The Hall–Kier alpha value is -1.20. The van der Waals surface area contributed by atoms with Gasteiger partial charge in [-0.1, -0.05) is 12.1 Å². The lowest BCUT2D eigenvalue weighted by Crippen LogP contribution is -2.36. The zero-order chi connectivity index (χ0) is 17.4. The van der Waals surface area contributed by atoms with Crippen molar-refractivity contribution in [2.45, 2.75) is 46.4 Å². The van der Waals surface area contributed by atoms with Crippen LogP contribution in [0, 0.1) is 0 Å². The van der Waals surface area contributed by atoms with E-state index in [1.165, 1.54) is 9.75 Å². The fourth-order valence-corrected chi connectivity index (χ4v) is 2.99. The van der Waals surface area contributed by atoms with Crippen LogP contribution in [0.15, 0.2) is 21.6 Å². The summed E-state index contributed by atoms with van der Waals surface area (Å²) in [6, 6.07) is 4.31. The van der Waals surface area contributed by atoms with E-state index in [0.717, 1.165) is 13.0 Å². The van der Waals surface area contributed by atoms with Gasteiger partial charge in [0.15, 0.2) is 11.8 Å². The second-order valence-corrected chi connectivity index (χ2v) is 6.40. The van der Waals surface area contributed by atoms with E-state index in [4.69, 9.17) is 9.26 Å². The number of hydrogen-bond acceptors (Lipinski definition) is 6. The lowest BCUT2D eigenvalue weighted by Gasteiger charge is -2.09. The van der Waals surface area contributed by atoms with Gasteiger partial charge in [0.25, 0.3) is 0 Å². The van der Waals surface area contributed by atoms with E-state index in [1.807, 2.05) is 25.2 Å². The average Bonchev–Trinajstić information content (AvgIpc) is 3.24. The van der Waals surface area contributed by atoms with Crippen molar-refractivity contribution >= 4 is 41.3 Å². The van der Waals surface area contributed by atoms with Gasteiger partial charge in [0, 0.05) is 23.4 Å². The number of aromatic nitrogens is 2. The Morgan fingerprint density at radius 1 is 1.28 bits per heavy atom. The third kappa shape index (κ3) is 6.90. The van der Waals surface area contributed by atoms with Crippen molar-refractivity contribution < 1.29 is 9.26 Å². The molecule has 0 aliphatic rings. The van der Waals surface area contributed by atoms with Gasteiger partial charge >= 0.3 is 0 Å². The van der Waals surface area contributed by atoms with Crippen molar-refractivity contribution in [3.8, 4) is 0 Å². The second kappa shape index (κ2) is 11.4. The molecular formula is C16H26IN5O2S. The maximum Gasteiger partial charge on any atom is 0.246 e. The number of aliphatic imine (C=N–C) groups is 1. The molecule has 1 unspecified atom stereocenters. The molecule has 0 saturated carbocycles. The van der Waals surface area contributed by atoms with Gasteiger partial charge in [0.2, 0.25) is 5.89 Å². The first kappa shape index (κ1) is 21.8. The molecule has 0 amide bonds. The van der Waals surface area contributed by atoms with E-state index >= 15 is 0 Å². The topological polar surface area (TPSA) is 84.6 Å². The predicted molar refractivity (Wildman–Crippen MR) is 110 cm³/mol. The molecule has 2 N–H and O–H groups in total. The number of ether oxygens (including phenoxy) is 1. The minimum atomic E-state index is -0.170.